The van der Waals surface area contributed by atoms with Crippen molar-refractivity contribution in [2.75, 3.05) is 0 Å². The number of pyridine rings is 1. The van der Waals surface area contributed by atoms with Gasteiger partial charge in [0.1, 0.15) is 11.3 Å². The smallest absolute Gasteiger partial charge is 0.341 e. The average Bonchev–Trinajstić information content (AvgIpc) is 2.18. The van der Waals surface area contributed by atoms with E-state index in [9.17, 15) is 4.79 Å². The van der Waals surface area contributed by atoms with Gasteiger partial charge in [-0.2, -0.15) is 0 Å². The summed E-state index contributed by atoms with van der Waals surface area (Å²) in [7, 11) is 0. The molecule has 0 saturated carbocycles. The van der Waals surface area contributed by atoms with Gasteiger partial charge in [0.25, 0.3) is 0 Å². The van der Waals surface area contributed by atoms with Crippen LogP contribution in [-0.2, 0) is 0 Å². The SMILES string of the molecule is CCC(C)Oc1ccncc1C(=O)O. The van der Waals surface area contributed by atoms with Crippen molar-refractivity contribution in [3.05, 3.63) is 24.0 Å². The highest BCUT2D eigenvalue weighted by molar-refractivity contribution is 5.90. The van der Waals surface area contributed by atoms with Gasteiger partial charge in [-0.15, -0.1) is 0 Å². The van der Waals surface area contributed by atoms with Crippen molar-refractivity contribution in [2.24, 2.45) is 0 Å². The zero-order valence-electron chi connectivity index (χ0n) is 8.23. The maximum atomic E-state index is 10.8. The average molecular weight is 195 g/mol. The lowest BCUT2D eigenvalue weighted by molar-refractivity contribution is 0.0689. The lowest BCUT2D eigenvalue weighted by Gasteiger charge is -2.13. The van der Waals surface area contributed by atoms with Gasteiger partial charge in [0.2, 0.25) is 0 Å². The van der Waals surface area contributed by atoms with E-state index in [1.54, 1.807) is 6.07 Å². The maximum absolute atomic E-state index is 10.8. The molecule has 1 unspecified atom stereocenters. The third-order valence-corrected chi connectivity index (χ3v) is 1.91. The number of ether oxygens (including phenoxy) is 1. The molecule has 1 atom stereocenters. The summed E-state index contributed by atoms with van der Waals surface area (Å²) < 4.78 is 5.44. The van der Waals surface area contributed by atoms with E-state index in [0.29, 0.717) is 5.75 Å². The summed E-state index contributed by atoms with van der Waals surface area (Å²) in [6, 6.07) is 1.57. The van der Waals surface area contributed by atoms with Gasteiger partial charge < -0.3 is 9.84 Å². The number of carboxylic acid groups (broad SMARTS) is 1. The Morgan fingerprint density at radius 1 is 1.71 bits per heavy atom. The first kappa shape index (κ1) is 10.5. The molecule has 76 valence electrons. The minimum absolute atomic E-state index is 0.00972. The van der Waals surface area contributed by atoms with Gasteiger partial charge >= 0.3 is 5.97 Å². The Morgan fingerprint density at radius 3 is 3.00 bits per heavy atom. The van der Waals surface area contributed by atoms with Crippen LogP contribution in [0.3, 0.4) is 0 Å². The second-order valence-electron chi connectivity index (χ2n) is 3.01. The van der Waals surface area contributed by atoms with E-state index in [1.165, 1.54) is 12.4 Å². The van der Waals surface area contributed by atoms with E-state index in [4.69, 9.17) is 9.84 Å². The molecular formula is C10H13NO3. The molecule has 0 aliphatic carbocycles. The fourth-order valence-corrected chi connectivity index (χ4v) is 0.945. The molecule has 0 bridgehead atoms. The number of aromatic nitrogens is 1. The van der Waals surface area contributed by atoms with Crippen LogP contribution in [0.5, 0.6) is 5.75 Å². The predicted octanol–water partition coefficient (Wildman–Crippen LogP) is 1.96. The quantitative estimate of drug-likeness (QED) is 0.797. The molecule has 0 amide bonds. The van der Waals surface area contributed by atoms with Gasteiger partial charge in [0.05, 0.1) is 6.10 Å². The van der Waals surface area contributed by atoms with Gasteiger partial charge in [-0.05, 0) is 19.4 Å². The zero-order chi connectivity index (χ0) is 10.6. The second-order valence-corrected chi connectivity index (χ2v) is 3.01. The Morgan fingerprint density at radius 2 is 2.43 bits per heavy atom. The maximum Gasteiger partial charge on any atom is 0.341 e. The van der Waals surface area contributed by atoms with E-state index in [-0.39, 0.29) is 11.7 Å². The molecule has 14 heavy (non-hydrogen) atoms. The zero-order valence-corrected chi connectivity index (χ0v) is 8.23. The molecule has 4 nitrogen and oxygen atoms in total. The second kappa shape index (κ2) is 4.60. The van der Waals surface area contributed by atoms with Crippen molar-refractivity contribution in [1.29, 1.82) is 0 Å². The minimum atomic E-state index is -1.02. The molecule has 0 aromatic carbocycles. The van der Waals surface area contributed by atoms with Crippen molar-refractivity contribution in [1.82, 2.24) is 4.98 Å². The molecule has 0 radical (unpaired) electrons. The standard InChI is InChI=1S/C10H13NO3/c1-3-7(2)14-9-4-5-11-6-8(9)10(12)13/h4-7H,3H2,1-2H3,(H,12,13). The molecule has 1 rings (SSSR count). The van der Waals surface area contributed by atoms with Gasteiger partial charge in [-0.3, -0.25) is 4.98 Å². The van der Waals surface area contributed by atoms with Gasteiger partial charge in [-0.1, -0.05) is 6.92 Å². The monoisotopic (exact) mass is 195 g/mol. The lowest BCUT2D eigenvalue weighted by Crippen LogP contribution is -2.12. The molecule has 0 spiro atoms. The number of rotatable bonds is 4. The van der Waals surface area contributed by atoms with Crippen LogP contribution in [0.1, 0.15) is 30.6 Å². The van der Waals surface area contributed by atoms with Crippen LogP contribution in [0.25, 0.3) is 0 Å². The third kappa shape index (κ3) is 2.45. The number of carbonyl (C=O) groups is 1. The normalized spacial score (nSPS) is 12.1. The number of carboxylic acids is 1. The van der Waals surface area contributed by atoms with Crippen molar-refractivity contribution >= 4 is 5.97 Å². The van der Waals surface area contributed by atoms with Crippen molar-refractivity contribution in [3.8, 4) is 5.75 Å². The number of aromatic carboxylic acids is 1. The minimum Gasteiger partial charge on any atom is -0.490 e. The molecule has 1 aromatic heterocycles. The summed E-state index contributed by atoms with van der Waals surface area (Å²) in [6.07, 6.45) is 3.65. The predicted molar refractivity (Wildman–Crippen MR) is 51.6 cm³/mol. The number of hydrogen-bond donors (Lipinski definition) is 1. The first-order valence-electron chi connectivity index (χ1n) is 4.49. The highest BCUT2D eigenvalue weighted by Gasteiger charge is 2.12. The Bertz CT molecular complexity index is 325. The Hall–Kier alpha value is -1.58. The fourth-order valence-electron chi connectivity index (χ4n) is 0.945. The van der Waals surface area contributed by atoms with E-state index in [1.807, 2.05) is 13.8 Å². The topological polar surface area (TPSA) is 59.4 Å². The van der Waals surface area contributed by atoms with Crippen molar-refractivity contribution < 1.29 is 14.6 Å². The summed E-state index contributed by atoms with van der Waals surface area (Å²) in [6.45, 7) is 3.87. The largest absolute Gasteiger partial charge is 0.490 e. The third-order valence-electron chi connectivity index (χ3n) is 1.91. The molecule has 1 N–H and O–H groups in total. The molecule has 0 aliphatic heterocycles. The fraction of sp³-hybridized carbons (Fsp3) is 0.400. The van der Waals surface area contributed by atoms with E-state index in [0.717, 1.165) is 6.42 Å². The molecule has 0 aliphatic rings. The molecule has 0 fully saturated rings. The molecule has 1 aromatic rings. The highest BCUT2D eigenvalue weighted by atomic mass is 16.5. The van der Waals surface area contributed by atoms with Crippen LogP contribution in [0.2, 0.25) is 0 Å². The molecular weight excluding hydrogens is 182 g/mol. The number of nitrogens with zero attached hydrogens (tertiary/aromatic N) is 1. The van der Waals surface area contributed by atoms with E-state index >= 15 is 0 Å². The van der Waals surface area contributed by atoms with Crippen LogP contribution in [0.4, 0.5) is 0 Å². The van der Waals surface area contributed by atoms with Crippen LogP contribution < -0.4 is 4.74 Å². The number of hydrogen-bond acceptors (Lipinski definition) is 3. The molecule has 0 saturated heterocycles. The lowest BCUT2D eigenvalue weighted by atomic mass is 10.2. The highest BCUT2D eigenvalue weighted by Crippen LogP contribution is 2.18. The summed E-state index contributed by atoms with van der Waals surface area (Å²) in [5, 5.41) is 8.83. The van der Waals surface area contributed by atoms with Gasteiger partial charge in [-0.25, -0.2) is 4.79 Å². The van der Waals surface area contributed by atoms with E-state index in [2.05, 4.69) is 4.98 Å². The van der Waals surface area contributed by atoms with Gasteiger partial charge in [0.15, 0.2) is 0 Å². The summed E-state index contributed by atoms with van der Waals surface area (Å²) >= 11 is 0. The van der Waals surface area contributed by atoms with Crippen molar-refractivity contribution in [3.63, 3.8) is 0 Å². The first-order chi connectivity index (χ1) is 6.65. The Kier molecular flexibility index (Phi) is 3.45. The summed E-state index contributed by atoms with van der Waals surface area (Å²) in [5.41, 5.74) is 0.104. The molecule has 1 heterocycles. The summed E-state index contributed by atoms with van der Waals surface area (Å²) in [4.78, 5) is 14.5. The van der Waals surface area contributed by atoms with E-state index < -0.39 is 5.97 Å². The Labute approximate surface area is 82.5 Å². The van der Waals surface area contributed by atoms with Crippen molar-refractivity contribution in [2.45, 2.75) is 26.4 Å². The summed E-state index contributed by atoms with van der Waals surface area (Å²) in [5.74, 6) is -0.641. The first-order valence-corrected chi connectivity index (χ1v) is 4.49. The van der Waals surface area contributed by atoms with Crippen LogP contribution >= 0.6 is 0 Å². The molecule has 4 heteroatoms. The van der Waals surface area contributed by atoms with Crippen LogP contribution in [-0.4, -0.2) is 22.2 Å². The van der Waals surface area contributed by atoms with Gasteiger partial charge in [0, 0.05) is 12.4 Å². The van der Waals surface area contributed by atoms with Crippen LogP contribution in [0, 0.1) is 0 Å². The van der Waals surface area contributed by atoms with Crippen LogP contribution in [0.15, 0.2) is 18.5 Å². The Balaban J connectivity index is 2.90.